The monoisotopic (exact) mass is 530 g/mol. The van der Waals surface area contributed by atoms with Crippen molar-refractivity contribution in [1.29, 1.82) is 0 Å². The van der Waals surface area contributed by atoms with E-state index in [1.807, 2.05) is 12.1 Å². The summed E-state index contributed by atoms with van der Waals surface area (Å²) >= 11 is 0. The highest BCUT2D eigenvalue weighted by molar-refractivity contribution is 14.0. The van der Waals surface area contributed by atoms with Crippen LogP contribution in [-0.2, 0) is 11.3 Å². The number of aliphatic hydroxyl groups excluding tert-OH is 1. The molecule has 0 aliphatic carbocycles. The van der Waals surface area contributed by atoms with Gasteiger partial charge in [-0.2, -0.15) is 0 Å². The second kappa shape index (κ2) is 12.0. The van der Waals surface area contributed by atoms with Crippen molar-refractivity contribution in [3.8, 4) is 11.6 Å². The quantitative estimate of drug-likeness (QED) is 0.276. The number of guanidine groups is 1. The normalized spacial score (nSPS) is 18.6. The SMILES string of the molecule is CN=C(NCc1cccnc1Oc1cccc(F)c1)NCC1(CCO)CCOC1.I. The zero-order valence-electron chi connectivity index (χ0n) is 16.9. The first kappa shape index (κ1) is 24.3. The molecule has 1 aromatic carbocycles. The maximum Gasteiger partial charge on any atom is 0.224 e. The molecule has 0 saturated carbocycles. The number of aromatic nitrogens is 1. The fourth-order valence-corrected chi connectivity index (χ4v) is 3.28. The van der Waals surface area contributed by atoms with E-state index in [2.05, 4.69) is 20.6 Å². The lowest BCUT2D eigenvalue weighted by Gasteiger charge is -2.27. The van der Waals surface area contributed by atoms with Crippen LogP contribution in [0.2, 0.25) is 0 Å². The predicted molar refractivity (Wildman–Crippen MR) is 124 cm³/mol. The van der Waals surface area contributed by atoms with Gasteiger partial charge in [0.1, 0.15) is 11.6 Å². The van der Waals surface area contributed by atoms with E-state index in [9.17, 15) is 9.50 Å². The summed E-state index contributed by atoms with van der Waals surface area (Å²) in [5.74, 6) is 1.06. The molecular weight excluding hydrogens is 502 g/mol. The first-order chi connectivity index (χ1) is 14.1. The summed E-state index contributed by atoms with van der Waals surface area (Å²) in [4.78, 5) is 8.52. The van der Waals surface area contributed by atoms with E-state index in [0.29, 0.717) is 50.3 Å². The maximum atomic E-state index is 13.4. The highest BCUT2D eigenvalue weighted by Gasteiger charge is 2.34. The topological polar surface area (TPSA) is 88.0 Å². The van der Waals surface area contributed by atoms with E-state index in [4.69, 9.17) is 9.47 Å². The number of rotatable bonds is 8. The molecule has 3 rings (SSSR count). The number of hydrogen-bond donors (Lipinski definition) is 3. The van der Waals surface area contributed by atoms with E-state index in [0.717, 1.165) is 12.0 Å². The summed E-state index contributed by atoms with van der Waals surface area (Å²) in [6, 6.07) is 9.66. The molecule has 0 bridgehead atoms. The number of ether oxygens (including phenoxy) is 2. The molecule has 0 amide bonds. The van der Waals surface area contributed by atoms with E-state index < -0.39 is 0 Å². The first-order valence-electron chi connectivity index (χ1n) is 9.65. The van der Waals surface area contributed by atoms with Crippen LogP contribution in [0.15, 0.2) is 47.6 Å². The van der Waals surface area contributed by atoms with Crippen LogP contribution in [0.3, 0.4) is 0 Å². The van der Waals surface area contributed by atoms with Crippen molar-refractivity contribution in [1.82, 2.24) is 15.6 Å². The molecule has 1 saturated heterocycles. The zero-order chi connectivity index (χ0) is 20.5. The van der Waals surface area contributed by atoms with Gasteiger partial charge in [0.05, 0.1) is 6.61 Å². The summed E-state index contributed by atoms with van der Waals surface area (Å²) in [6.45, 7) is 2.57. The van der Waals surface area contributed by atoms with Crippen molar-refractivity contribution >= 4 is 29.9 Å². The second-order valence-electron chi connectivity index (χ2n) is 7.08. The Hall–Kier alpha value is -1.98. The van der Waals surface area contributed by atoms with Crippen LogP contribution >= 0.6 is 24.0 Å². The molecule has 30 heavy (non-hydrogen) atoms. The number of pyridine rings is 1. The van der Waals surface area contributed by atoms with Crippen molar-refractivity contribution in [2.75, 3.05) is 33.4 Å². The van der Waals surface area contributed by atoms with E-state index in [1.54, 1.807) is 25.4 Å². The van der Waals surface area contributed by atoms with Crippen LogP contribution in [0, 0.1) is 11.2 Å². The lowest BCUT2D eigenvalue weighted by atomic mass is 9.84. The molecule has 1 aromatic heterocycles. The van der Waals surface area contributed by atoms with Gasteiger partial charge in [0.25, 0.3) is 0 Å². The van der Waals surface area contributed by atoms with Gasteiger partial charge < -0.3 is 25.2 Å². The smallest absolute Gasteiger partial charge is 0.224 e. The van der Waals surface area contributed by atoms with Crippen molar-refractivity contribution < 1.29 is 19.0 Å². The van der Waals surface area contributed by atoms with Crippen LogP contribution in [0.1, 0.15) is 18.4 Å². The van der Waals surface area contributed by atoms with Gasteiger partial charge in [0.15, 0.2) is 5.96 Å². The van der Waals surface area contributed by atoms with Gasteiger partial charge in [0.2, 0.25) is 5.88 Å². The third kappa shape index (κ3) is 6.78. The summed E-state index contributed by atoms with van der Waals surface area (Å²) in [6.07, 6.45) is 3.22. The van der Waals surface area contributed by atoms with Crippen molar-refractivity contribution in [2.45, 2.75) is 19.4 Å². The first-order valence-corrected chi connectivity index (χ1v) is 9.65. The molecule has 1 atom stereocenters. The van der Waals surface area contributed by atoms with Gasteiger partial charge in [-0.25, -0.2) is 9.37 Å². The van der Waals surface area contributed by atoms with Crippen LogP contribution in [0.5, 0.6) is 11.6 Å². The van der Waals surface area contributed by atoms with Crippen molar-refractivity contribution in [2.24, 2.45) is 10.4 Å². The summed E-state index contributed by atoms with van der Waals surface area (Å²) in [7, 11) is 1.70. The molecule has 164 valence electrons. The Bertz CT molecular complexity index is 831. The number of halogens is 2. The third-order valence-corrected chi connectivity index (χ3v) is 4.99. The molecule has 0 spiro atoms. The molecule has 7 nitrogen and oxygen atoms in total. The molecule has 9 heteroatoms. The molecule has 0 radical (unpaired) electrons. The molecular formula is C21H28FIN4O3. The molecule has 1 aliphatic rings. The maximum absolute atomic E-state index is 13.4. The second-order valence-corrected chi connectivity index (χ2v) is 7.08. The minimum atomic E-state index is -0.365. The number of hydrogen-bond acceptors (Lipinski definition) is 5. The van der Waals surface area contributed by atoms with E-state index in [1.165, 1.54) is 12.1 Å². The van der Waals surface area contributed by atoms with E-state index >= 15 is 0 Å². The minimum absolute atomic E-state index is 0. The summed E-state index contributed by atoms with van der Waals surface area (Å²) in [5, 5.41) is 15.9. The Morgan fingerprint density at radius 3 is 2.90 bits per heavy atom. The molecule has 2 heterocycles. The largest absolute Gasteiger partial charge is 0.439 e. The van der Waals surface area contributed by atoms with Crippen molar-refractivity contribution in [3.63, 3.8) is 0 Å². The Balaban J connectivity index is 0.00000320. The summed E-state index contributed by atoms with van der Waals surface area (Å²) in [5.41, 5.74) is 0.737. The Morgan fingerprint density at radius 1 is 1.33 bits per heavy atom. The van der Waals surface area contributed by atoms with Crippen LogP contribution in [0.25, 0.3) is 0 Å². The number of aliphatic hydroxyl groups is 1. The van der Waals surface area contributed by atoms with Crippen molar-refractivity contribution in [3.05, 3.63) is 54.0 Å². The van der Waals surface area contributed by atoms with Gasteiger partial charge in [-0.1, -0.05) is 12.1 Å². The standard InChI is InChI=1S/C21H27FN4O3.HI/c1-23-20(26-14-21(7-10-27)8-11-28-15-21)25-13-16-4-3-9-24-19(16)29-18-6-2-5-17(22)12-18;/h2-6,9,12,27H,7-8,10-11,13-15H2,1H3,(H2,23,25,26);1H. The van der Waals surface area contributed by atoms with Crippen LogP contribution in [0.4, 0.5) is 4.39 Å². The predicted octanol–water partition coefficient (Wildman–Crippen LogP) is 3.09. The minimum Gasteiger partial charge on any atom is -0.439 e. The molecule has 1 unspecified atom stereocenters. The Labute approximate surface area is 193 Å². The summed E-state index contributed by atoms with van der Waals surface area (Å²) < 4.78 is 24.7. The molecule has 3 N–H and O–H groups in total. The van der Waals surface area contributed by atoms with Gasteiger partial charge in [-0.3, -0.25) is 4.99 Å². The van der Waals surface area contributed by atoms with Crippen LogP contribution < -0.4 is 15.4 Å². The van der Waals surface area contributed by atoms with Gasteiger partial charge in [-0.15, -0.1) is 24.0 Å². The molecule has 1 fully saturated rings. The highest BCUT2D eigenvalue weighted by atomic mass is 127. The fourth-order valence-electron chi connectivity index (χ4n) is 3.28. The average molecular weight is 530 g/mol. The molecule has 2 aromatic rings. The zero-order valence-corrected chi connectivity index (χ0v) is 19.3. The van der Waals surface area contributed by atoms with Crippen LogP contribution in [-0.4, -0.2) is 49.5 Å². The average Bonchev–Trinajstić information content (AvgIpc) is 3.18. The number of benzene rings is 1. The Morgan fingerprint density at radius 2 is 2.20 bits per heavy atom. The Kier molecular flexibility index (Phi) is 9.73. The van der Waals surface area contributed by atoms with Gasteiger partial charge in [0, 0.05) is 56.6 Å². The lowest BCUT2D eigenvalue weighted by molar-refractivity contribution is 0.127. The number of aliphatic imine (C=N–C) groups is 1. The number of nitrogens with one attached hydrogen (secondary N) is 2. The lowest BCUT2D eigenvalue weighted by Crippen LogP contribution is -2.44. The highest BCUT2D eigenvalue weighted by Crippen LogP contribution is 2.31. The third-order valence-electron chi connectivity index (χ3n) is 4.99. The van der Waals surface area contributed by atoms with E-state index in [-0.39, 0.29) is 41.8 Å². The van der Waals surface area contributed by atoms with Gasteiger partial charge >= 0.3 is 0 Å². The molecule has 1 aliphatic heterocycles. The van der Waals surface area contributed by atoms with Gasteiger partial charge in [-0.05, 0) is 31.0 Å². The fraction of sp³-hybridized carbons (Fsp3) is 0.429. The number of nitrogens with zero attached hydrogens (tertiary/aromatic N) is 2.